The zero-order chi connectivity index (χ0) is 15.1. The van der Waals surface area contributed by atoms with E-state index in [1.165, 1.54) is 12.8 Å². The molecule has 0 aromatic carbocycles. The van der Waals surface area contributed by atoms with Crippen molar-refractivity contribution in [3.05, 3.63) is 17.5 Å². The number of nitrogens with zero attached hydrogens (tertiary/aromatic N) is 2. The van der Waals surface area contributed by atoms with Gasteiger partial charge in [-0.05, 0) is 37.7 Å². The van der Waals surface area contributed by atoms with Gasteiger partial charge in [-0.1, -0.05) is 19.8 Å². The Kier molecular flexibility index (Phi) is 6.23. The van der Waals surface area contributed by atoms with E-state index in [1.54, 1.807) is 4.68 Å². The first-order valence-corrected chi connectivity index (χ1v) is 8.09. The van der Waals surface area contributed by atoms with Crippen molar-refractivity contribution in [2.24, 2.45) is 13.0 Å². The zero-order valence-electron chi connectivity index (χ0n) is 13.2. The van der Waals surface area contributed by atoms with Gasteiger partial charge in [0, 0.05) is 26.8 Å². The van der Waals surface area contributed by atoms with Crippen LogP contribution in [0.3, 0.4) is 0 Å². The smallest absolute Gasteiger partial charge is 0.269 e. The highest BCUT2D eigenvalue weighted by atomic mass is 16.5. The van der Waals surface area contributed by atoms with Crippen LogP contribution in [0.1, 0.15) is 55.2 Å². The van der Waals surface area contributed by atoms with E-state index in [2.05, 4.69) is 17.3 Å². The van der Waals surface area contributed by atoms with E-state index in [4.69, 9.17) is 4.74 Å². The molecule has 2 heterocycles. The van der Waals surface area contributed by atoms with Gasteiger partial charge in [0.25, 0.3) is 5.91 Å². The van der Waals surface area contributed by atoms with Crippen molar-refractivity contribution in [1.29, 1.82) is 0 Å². The monoisotopic (exact) mass is 293 g/mol. The number of unbranched alkanes of at least 4 members (excludes halogenated alkanes) is 2. The van der Waals surface area contributed by atoms with Crippen LogP contribution < -0.4 is 5.32 Å². The lowest BCUT2D eigenvalue weighted by Crippen LogP contribution is -2.27. The van der Waals surface area contributed by atoms with Crippen molar-refractivity contribution < 1.29 is 9.53 Å². The number of hydrogen-bond donors (Lipinski definition) is 1. The molecular weight excluding hydrogens is 266 g/mol. The molecule has 1 aliphatic heterocycles. The number of ether oxygens (including phenoxy) is 1. The van der Waals surface area contributed by atoms with Crippen molar-refractivity contribution in [3.63, 3.8) is 0 Å². The highest BCUT2D eigenvalue weighted by Gasteiger charge is 2.17. The molecule has 1 saturated heterocycles. The van der Waals surface area contributed by atoms with Gasteiger partial charge in [0.15, 0.2) is 0 Å². The molecule has 5 heteroatoms. The molecule has 118 valence electrons. The van der Waals surface area contributed by atoms with Crippen LogP contribution in [0, 0.1) is 5.92 Å². The summed E-state index contributed by atoms with van der Waals surface area (Å²) in [6, 6.07) is 1.92. The Morgan fingerprint density at radius 2 is 2.38 bits per heavy atom. The molecule has 0 saturated carbocycles. The van der Waals surface area contributed by atoms with E-state index in [0.717, 1.165) is 44.6 Å². The van der Waals surface area contributed by atoms with E-state index in [0.29, 0.717) is 18.2 Å². The molecule has 1 unspecified atom stereocenters. The summed E-state index contributed by atoms with van der Waals surface area (Å²) in [5.74, 6) is 0.576. The fraction of sp³-hybridized carbons (Fsp3) is 0.750. The van der Waals surface area contributed by atoms with E-state index in [1.807, 2.05) is 13.1 Å². The maximum atomic E-state index is 12.2. The quantitative estimate of drug-likeness (QED) is 0.748. The van der Waals surface area contributed by atoms with Crippen molar-refractivity contribution in [2.45, 2.75) is 45.4 Å². The van der Waals surface area contributed by atoms with Gasteiger partial charge in [-0.15, -0.1) is 0 Å². The van der Waals surface area contributed by atoms with Gasteiger partial charge in [0.1, 0.15) is 5.69 Å². The van der Waals surface area contributed by atoms with Gasteiger partial charge in [-0.3, -0.25) is 9.48 Å². The minimum Gasteiger partial charge on any atom is -0.381 e. The van der Waals surface area contributed by atoms with Crippen LogP contribution in [0.2, 0.25) is 0 Å². The zero-order valence-corrected chi connectivity index (χ0v) is 13.2. The molecule has 1 aromatic rings. The number of aromatic nitrogens is 2. The Labute approximate surface area is 127 Å². The molecule has 0 bridgehead atoms. The number of amides is 1. The van der Waals surface area contributed by atoms with Crippen molar-refractivity contribution in [2.75, 3.05) is 19.8 Å². The molecule has 1 aliphatic rings. The van der Waals surface area contributed by atoms with E-state index < -0.39 is 0 Å². The summed E-state index contributed by atoms with van der Waals surface area (Å²) in [7, 11) is 1.84. The number of carbonyl (C=O) groups is 1. The summed E-state index contributed by atoms with van der Waals surface area (Å²) in [5.41, 5.74) is 1.67. The van der Waals surface area contributed by atoms with E-state index >= 15 is 0 Å². The van der Waals surface area contributed by atoms with Crippen LogP contribution in [0.4, 0.5) is 0 Å². The average Bonchev–Trinajstić information content (AvgIpc) is 3.09. The highest BCUT2D eigenvalue weighted by Crippen LogP contribution is 2.15. The molecule has 1 N–H and O–H groups in total. The molecule has 1 amide bonds. The Hall–Kier alpha value is -1.36. The first-order chi connectivity index (χ1) is 10.2. The summed E-state index contributed by atoms with van der Waals surface area (Å²) in [5, 5.41) is 7.42. The molecule has 5 nitrogen and oxygen atoms in total. The molecular formula is C16H27N3O2. The molecule has 0 spiro atoms. The van der Waals surface area contributed by atoms with Gasteiger partial charge in [0.05, 0.1) is 5.69 Å². The molecule has 1 fully saturated rings. The number of hydrogen-bond acceptors (Lipinski definition) is 3. The standard InChI is InChI=1S/C16H27N3O2/c1-3-4-5-6-14-11-15(19(2)18-14)16(20)17-9-7-13-8-10-21-12-13/h11,13H,3-10,12H2,1-2H3,(H,17,20). The van der Waals surface area contributed by atoms with Crippen LogP contribution >= 0.6 is 0 Å². The van der Waals surface area contributed by atoms with Crippen LogP contribution in [0.5, 0.6) is 0 Å². The van der Waals surface area contributed by atoms with Gasteiger partial charge >= 0.3 is 0 Å². The predicted octanol–water partition coefficient (Wildman–Crippen LogP) is 2.31. The SMILES string of the molecule is CCCCCc1cc(C(=O)NCCC2CCOC2)n(C)n1. The third kappa shape index (κ3) is 4.84. The van der Waals surface area contributed by atoms with Crippen LogP contribution in [0.15, 0.2) is 6.07 Å². The first kappa shape index (κ1) is 16.0. The minimum absolute atomic E-state index is 0.0225. The van der Waals surface area contributed by atoms with Crippen molar-refractivity contribution in [1.82, 2.24) is 15.1 Å². The van der Waals surface area contributed by atoms with E-state index in [-0.39, 0.29) is 5.91 Å². The van der Waals surface area contributed by atoms with Crippen molar-refractivity contribution >= 4 is 5.91 Å². The second-order valence-electron chi connectivity index (χ2n) is 5.88. The summed E-state index contributed by atoms with van der Waals surface area (Å²) < 4.78 is 7.03. The minimum atomic E-state index is -0.0225. The van der Waals surface area contributed by atoms with Crippen molar-refractivity contribution in [3.8, 4) is 0 Å². The lowest BCUT2D eigenvalue weighted by Gasteiger charge is -2.08. The molecule has 1 atom stereocenters. The fourth-order valence-electron chi connectivity index (χ4n) is 2.71. The molecule has 21 heavy (non-hydrogen) atoms. The molecule has 0 radical (unpaired) electrons. The fourth-order valence-corrected chi connectivity index (χ4v) is 2.71. The molecule has 1 aromatic heterocycles. The van der Waals surface area contributed by atoms with Gasteiger partial charge in [-0.25, -0.2) is 0 Å². The largest absolute Gasteiger partial charge is 0.381 e. The number of rotatable bonds is 8. The Morgan fingerprint density at radius 1 is 1.52 bits per heavy atom. The Morgan fingerprint density at radius 3 is 3.10 bits per heavy atom. The van der Waals surface area contributed by atoms with Crippen LogP contribution in [-0.2, 0) is 18.2 Å². The molecule has 2 rings (SSSR count). The first-order valence-electron chi connectivity index (χ1n) is 8.09. The third-order valence-corrected chi connectivity index (χ3v) is 4.06. The third-order valence-electron chi connectivity index (χ3n) is 4.06. The lowest BCUT2D eigenvalue weighted by molar-refractivity contribution is 0.0941. The second kappa shape index (κ2) is 8.17. The number of carbonyl (C=O) groups excluding carboxylic acids is 1. The second-order valence-corrected chi connectivity index (χ2v) is 5.88. The normalized spacial score (nSPS) is 18.1. The maximum absolute atomic E-state index is 12.2. The van der Waals surface area contributed by atoms with E-state index in [9.17, 15) is 4.79 Å². The van der Waals surface area contributed by atoms with Gasteiger partial charge in [-0.2, -0.15) is 5.10 Å². The summed E-state index contributed by atoms with van der Waals surface area (Å²) in [6.45, 7) is 4.60. The number of nitrogens with one attached hydrogen (secondary N) is 1. The lowest BCUT2D eigenvalue weighted by atomic mass is 10.1. The summed E-state index contributed by atoms with van der Waals surface area (Å²) >= 11 is 0. The maximum Gasteiger partial charge on any atom is 0.269 e. The number of aryl methyl sites for hydroxylation is 2. The van der Waals surface area contributed by atoms with Crippen LogP contribution in [-0.4, -0.2) is 35.4 Å². The summed E-state index contributed by atoms with van der Waals surface area (Å²) in [6.07, 6.45) is 6.60. The van der Waals surface area contributed by atoms with Gasteiger partial charge < -0.3 is 10.1 Å². The Bertz CT molecular complexity index is 450. The van der Waals surface area contributed by atoms with Crippen LogP contribution in [0.25, 0.3) is 0 Å². The molecule has 0 aliphatic carbocycles. The predicted molar refractivity (Wildman–Crippen MR) is 82.3 cm³/mol. The summed E-state index contributed by atoms with van der Waals surface area (Å²) in [4.78, 5) is 12.2. The highest BCUT2D eigenvalue weighted by molar-refractivity contribution is 5.92. The Balaban J connectivity index is 1.78. The van der Waals surface area contributed by atoms with Gasteiger partial charge in [0.2, 0.25) is 0 Å². The average molecular weight is 293 g/mol. The topological polar surface area (TPSA) is 56.1 Å².